The van der Waals surface area contributed by atoms with E-state index < -0.39 is 33.7 Å². The lowest BCUT2D eigenvalue weighted by Crippen LogP contribution is -2.32. The van der Waals surface area contributed by atoms with Gasteiger partial charge in [0.2, 0.25) is 5.91 Å². The Bertz CT molecular complexity index is 1260. The van der Waals surface area contributed by atoms with Gasteiger partial charge in [0.1, 0.15) is 5.75 Å². The highest BCUT2D eigenvalue weighted by molar-refractivity contribution is 7.85. The van der Waals surface area contributed by atoms with Crippen LogP contribution in [-0.4, -0.2) is 62.1 Å². The molecule has 44 heavy (non-hydrogen) atoms. The van der Waals surface area contributed by atoms with E-state index in [9.17, 15) is 23.1 Å². The van der Waals surface area contributed by atoms with Crippen molar-refractivity contribution < 1.29 is 37.1 Å². The first-order chi connectivity index (χ1) is 21.2. The van der Waals surface area contributed by atoms with Crippen LogP contribution in [-0.2, 0) is 24.4 Å². The van der Waals surface area contributed by atoms with E-state index in [0.717, 1.165) is 49.0 Å². The van der Waals surface area contributed by atoms with Crippen molar-refractivity contribution in [3.8, 4) is 22.9 Å². The van der Waals surface area contributed by atoms with Gasteiger partial charge >= 0.3 is 5.97 Å². The Morgan fingerprint density at radius 1 is 0.795 bits per heavy atom. The number of carbonyl (C=O) groups is 2. The first kappa shape index (κ1) is 36.7. The molecule has 2 aromatic rings. The van der Waals surface area contributed by atoms with Crippen molar-refractivity contribution in [2.45, 2.75) is 77.0 Å². The predicted octanol–water partition coefficient (Wildman–Crippen LogP) is 6.01. The molecule has 10 nitrogen and oxygen atoms in total. The van der Waals surface area contributed by atoms with Crippen LogP contribution in [0.15, 0.2) is 48.5 Å². The molecule has 2 rings (SSSR count). The lowest BCUT2D eigenvalue weighted by Gasteiger charge is -2.12. The van der Waals surface area contributed by atoms with Crippen molar-refractivity contribution in [2.75, 3.05) is 32.1 Å². The summed E-state index contributed by atoms with van der Waals surface area (Å²) >= 11 is 0. The number of ether oxygens (including phenoxy) is 2. The summed E-state index contributed by atoms with van der Waals surface area (Å²) in [7, 11) is -4.18. The molecule has 0 heterocycles. The van der Waals surface area contributed by atoms with Crippen LogP contribution >= 0.6 is 0 Å². The zero-order valence-corrected chi connectivity index (χ0v) is 26.2. The molecule has 1 amide bonds. The summed E-state index contributed by atoms with van der Waals surface area (Å²) in [5.41, 5.74) is 2.83. The van der Waals surface area contributed by atoms with Crippen LogP contribution in [0.5, 0.6) is 5.75 Å². The number of nitriles is 1. The molecule has 0 aromatic heterocycles. The smallest absolute Gasteiger partial charge is 0.307 e. The van der Waals surface area contributed by atoms with Crippen LogP contribution in [0, 0.1) is 17.2 Å². The summed E-state index contributed by atoms with van der Waals surface area (Å²) < 4.78 is 41.4. The van der Waals surface area contributed by atoms with E-state index in [1.165, 1.54) is 32.1 Å². The number of nitrogens with one attached hydrogen (secondary N) is 1. The SMILES string of the molecule is N#Cc1ccc(-c2ccc(OCCCCCCCCCCCCOCCC(CC(=O)NCCS(=O)(=O)O)C(=O)O)cc2)cc1. The minimum Gasteiger partial charge on any atom is -0.494 e. The summed E-state index contributed by atoms with van der Waals surface area (Å²) in [5.74, 6) is -2.33. The molecule has 242 valence electrons. The molecule has 1 atom stereocenters. The van der Waals surface area contributed by atoms with Gasteiger partial charge in [0.25, 0.3) is 10.1 Å². The van der Waals surface area contributed by atoms with Crippen LogP contribution in [0.1, 0.15) is 82.6 Å². The van der Waals surface area contributed by atoms with Gasteiger partial charge in [-0.2, -0.15) is 13.7 Å². The monoisotopic (exact) mass is 630 g/mol. The largest absolute Gasteiger partial charge is 0.494 e. The Morgan fingerprint density at radius 2 is 1.32 bits per heavy atom. The number of nitrogens with zero attached hydrogens (tertiary/aromatic N) is 1. The Hall–Kier alpha value is -3.46. The van der Waals surface area contributed by atoms with Gasteiger partial charge in [-0.3, -0.25) is 14.1 Å². The number of hydrogen-bond donors (Lipinski definition) is 3. The topological polar surface area (TPSA) is 163 Å². The van der Waals surface area contributed by atoms with Gasteiger partial charge in [-0.15, -0.1) is 0 Å². The third-order valence-corrected chi connectivity index (χ3v) is 7.95. The maximum absolute atomic E-state index is 11.8. The molecular formula is C33H46N2O8S. The summed E-state index contributed by atoms with van der Waals surface area (Å²) in [4.78, 5) is 23.2. The Morgan fingerprint density at radius 3 is 1.84 bits per heavy atom. The van der Waals surface area contributed by atoms with E-state index >= 15 is 0 Å². The van der Waals surface area contributed by atoms with Gasteiger partial charge in [-0.1, -0.05) is 75.6 Å². The Kier molecular flexibility index (Phi) is 17.8. The number of unbranched alkanes of at least 4 members (excludes halogenated alkanes) is 9. The summed E-state index contributed by atoms with van der Waals surface area (Å²) in [6, 6.07) is 17.7. The van der Waals surface area contributed by atoms with Gasteiger partial charge in [-0.25, -0.2) is 0 Å². The number of benzene rings is 2. The first-order valence-corrected chi connectivity index (χ1v) is 17.0. The van der Waals surface area contributed by atoms with Gasteiger partial charge in [0, 0.05) is 26.2 Å². The second-order valence-electron chi connectivity index (χ2n) is 10.9. The zero-order chi connectivity index (χ0) is 32.0. The van der Waals surface area contributed by atoms with Crippen molar-refractivity contribution in [1.82, 2.24) is 5.32 Å². The van der Waals surface area contributed by atoms with Crippen molar-refractivity contribution in [3.63, 3.8) is 0 Å². The van der Waals surface area contributed by atoms with E-state index in [4.69, 9.17) is 19.3 Å². The minimum atomic E-state index is -4.18. The minimum absolute atomic E-state index is 0.196. The molecule has 1 unspecified atom stereocenters. The number of carbonyl (C=O) groups excluding carboxylic acids is 1. The third kappa shape index (κ3) is 17.0. The van der Waals surface area contributed by atoms with Gasteiger partial charge in [0.05, 0.1) is 29.9 Å². The molecule has 0 aliphatic carbocycles. The van der Waals surface area contributed by atoms with E-state index in [1.54, 1.807) is 0 Å². The number of amides is 1. The molecule has 0 aliphatic heterocycles. The molecular weight excluding hydrogens is 584 g/mol. The van der Waals surface area contributed by atoms with Gasteiger partial charge < -0.3 is 19.9 Å². The fraction of sp³-hybridized carbons (Fsp3) is 0.545. The van der Waals surface area contributed by atoms with Crippen molar-refractivity contribution in [2.24, 2.45) is 5.92 Å². The van der Waals surface area contributed by atoms with E-state index in [0.29, 0.717) is 18.8 Å². The van der Waals surface area contributed by atoms with Gasteiger partial charge in [0.15, 0.2) is 0 Å². The van der Waals surface area contributed by atoms with Crippen LogP contribution in [0.2, 0.25) is 0 Å². The average molecular weight is 631 g/mol. The Balaban J connectivity index is 1.38. The maximum atomic E-state index is 11.8. The number of rotatable bonds is 24. The third-order valence-electron chi connectivity index (χ3n) is 7.23. The molecule has 11 heteroatoms. The van der Waals surface area contributed by atoms with E-state index in [-0.39, 0.29) is 26.0 Å². The fourth-order valence-corrected chi connectivity index (χ4v) is 5.01. The number of carboxylic acid groups (broad SMARTS) is 1. The average Bonchev–Trinajstić information content (AvgIpc) is 3.00. The standard InChI is InChI=1S/C33H46N2O8S/c34-26-27-11-13-28(14-12-27)29-15-17-31(18-16-29)43-22-10-8-6-4-2-1-3-5-7-9-21-42-23-19-30(33(37)38)25-32(36)35-20-24-44(39,40)41/h11-18,30H,1-10,19-25H2,(H,35,36)(H,37,38)(H,39,40,41). The molecule has 0 bridgehead atoms. The fourth-order valence-electron chi connectivity index (χ4n) is 4.65. The summed E-state index contributed by atoms with van der Waals surface area (Å²) in [6.45, 7) is 1.24. The van der Waals surface area contributed by atoms with Crippen LogP contribution < -0.4 is 10.1 Å². The molecule has 2 aromatic carbocycles. The summed E-state index contributed by atoms with van der Waals surface area (Å²) in [6.07, 6.45) is 11.3. The molecule has 0 saturated carbocycles. The van der Waals surface area contributed by atoms with Crippen LogP contribution in [0.3, 0.4) is 0 Å². The lowest BCUT2D eigenvalue weighted by atomic mass is 10.0. The molecule has 0 radical (unpaired) electrons. The summed E-state index contributed by atoms with van der Waals surface area (Å²) in [5, 5.41) is 20.5. The second-order valence-corrected chi connectivity index (χ2v) is 12.4. The number of aliphatic carboxylic acids is 1. The normalized spacial score (nSPS) is 11.9. The molecule has 3 N–H and O–H groups in total. The van der Waals surface area contributed by atoms with Crippen molar-refractivity contribution in [3.05, 3.63) is 54.1 Å². The first-order valence-electron chi connectivity index (χ1n) is 15.4. The molecule has 0 spiro atoms. The van der Waals surface area contributed by atoms with Crippen molar-refractivity contribution >= 4 is 22.0 Å². The highest BCUT2D eigenvalue weighted by Crippen LogP contribution is 2.23. The van der Waals surface area contributed by atoms with E-state index in [1.807, 2.05) is 48.5 Å². The molecule has 0 fully saturated rings. The zero-order valence-electron chi connectivity index (χ0n) is 25.4. The number of carboxylic acids is 1. The maximum Gasteiger partial charge on any atom is 0.307 e. The highest BCUT2D eigenvalue weighted by Gasteiger charge is 2.21. The van der Waals surface area contributed by atoms with Crippen LogP contribution in [0.4, 0.5) is 0 Å². The predicted molar refractivity (Wildman–Crippen MR) is 169 cm³/mol. The number of hydrogen-bond acceptors (Lipinski definition) is 7. The van der Waals surface area contributed by atoms with Crippen molar-refractivity contribution in [1.29, 1.82) is 5.26 Å². The molecule has 0 aliphatic rings. The van der Waals surface area contributed by atoms with Crippen LogP contribution in [0.25, 0.3) is 11.1 Å². The highest BCUT2D eigenvalue weighted by atomic mass is 32.2. The van der Waals surface area contributed by atoms with E-state index in [2.05, 4.69) is 11.4 Å². The lowest BCUT2D eigenvalue weighted by molar-refractivity contribution is -0.144. The second kappa shape index (κ2) is 21.3. The van der Waals surface area contributed by atoms with Gasteiger partial charge in [-0.05, 0) is 54.7 Å². The molecule has 0 saturated heterocycles. The quantitative estimate of drug-likeness (QED) is 0.0931. The Labute approximate surface area is 261 Å².